The maximum absolute atomic E-state index is 12.9. The van der Waals surface area contributed by atoms with Crippen LogP contribution in [0.4, 0.5) is 0 Å². The van der Waals surface area contributed by atoms with Crippen LogP contribution in [0, 0.1) is 0 Å². The third kappa shape index (κ3) is 4.53. The molecule has 3 aromatic rings. The number of aliphatic hydroxyl groups is 1. The van der Waals surface area contributed by atoms with Gasteiger partial charge in [-0.2, -0.15) is 5.10 Å². The molecule has 0 saturated carbocycles. The van der Waals surface area contributed by atoms with Gasteiger partial charge in [0.05, 0.1) is 5.69 Å². The standard InChI is InChI=1S/C22H23N3O3/c26-15-9-3-8-14-23-21(27)19-18(16-10-4-1-5-11-16)20(24-25-22(19)28)17-12-6-2-7-13-17/h1-2,4-7,10-13,26H,3,8-9,14-15H2,(H,23,27)(H,25,28). The number of rotatable bonds is 8. The van der Waals surface area contributed by atoms with Crippen LogP contribution in [0.1, 0.15) is 29.6 Å². The van der Waals surface area contributed by atoms with Gasteiger partial charge in [0, 0.05) is 24.3 Å². The number of nitrogens with one attached hydrogen (secondary N) is 2. The molecule has 0 atom stereocenters. The average molecular weight is 377 g/mol. The van der Waals surface area contributed by atoms with Crippen LogP contribution in [0.5, 0.6) is 0 Å². The van der Waals surface area contributed by atoms with Crippen molar-refractivity contribution in [2.24, 2.45) is 0 Å². The summed E-state index contributed by atoms with van der Waals surface area (Å²) in [5.74, 6) is -0.427. The molecular weight excluding hydrogens is 354 g/mol. The molecule has 0 unspecified atom stereocenters. The van der Waals surface area contributed by atoms with Gasteiger partial charge in [0.2, 0.25) is 0 Å². The highest BCUT2D eigenvalue weighted by Crippen LogP contribution is 2.31. The average Bonchev–Trinajstić information content (AvgIpc) is 2.74. The van der Waals surface area contributed by atoms with Crippen molar-refractivity contribution in [3.63, 3.8) is 0 Å². The van der Waals surface area contributed by atoms with E-state index in [1.54, 1.807) is 0 Å². The summed E-state index contributed by atoms with van der Waals surface area (Å²) in [6, 6.07) is 18.8. The number of H-pyrrole nitrogens is 1. The lowest BCUT2D eigenvalue weighted by Gasteiger charge is -2.14. The van der Waals surface area contributed by atoms with Crippen LogP contribution < -0.4 is 10.9 Å². The molecule has 1 aromatic heterocycles. The van der Waals surface area contributed by atoms with Gasteiger partial charge in [-0.25, -0.2) is 5.10 Å². The van der Waals surface area contributed by atoms with Crippen LogP contribution in [-0.2, 0) is 0 Å². The first kappa shape index (κ1) is 19.5. The zero-order valence-corrected chi connectivity index (χ0v) is 15.5. The molecule has 3 rings (SSSR count). The fourth-order valence-electron chi connectivity index (χ4n) is 3.06. The normalized spacial score (nSPS) is 10.6. The Balaban J connectivity index is 2.04. The fourth-order valence-corrected chi connectivity index (χ4v) is 3.06. The molecule has 28 heavy (non-hydrogen) atoms. The van der Waals surface area contributed by atoms with E-state index in [1.165, 1.54) is 0 Å². The quantitative estimate of drug-likeness (QED) is 0.526. The van der Waals surface area contributed by atoms with E-state index < -0.39 is 11.5 Å². The van der Waals surface area contributed by atoms with Crippen molar-refractivity contribution in [1.29, 1.82) is 0 Å². The summed E-state index contributed by atoms with van der Waals surface area (Å²) in [7, 11) is 0. The minimum absolute atomic E-state index is 0.0576. The zero-order valence-electron chi connectivity index (χ0n) is 15.5. The Labute approximate surface area is 163 Å². The Morgan fingerprint density at radius 2 is 1.57 bits per heavy atom. The number of hydrogen-bond donors (Lipinski definition) is 3. The van der Waals surface area contributed by atoms with E-state index in [0.29, 0.717) is 24.2 Å². The second-order valence-corrected chi connectivity index (χ2v) is 6.42. The van der Waals surface area contributed by atoms with Gasteiger partial charge >= 0.3 is 0 Å². The first-order valence-corrected chi connectivity index (χ1v) is 9.35. The molecule has 0 saturated heterocycles. The molecule has 1 amide bonds. The molecule has 1 heterocycles. The molecule has 2 aromatic carbocycles. The summed E-state index contributed by atoms with van der Waals surface area (Å²) in [5.41, 5.74) is 2.17. The van der Waals surface area contributed by atoms with E-state index in [4.69, 9.17) is 5.11 Å². The smallest absolute Gasteiger partial charge is 0.277 e. The number of aromatic amines is 1. The summed E-state index contributed by atoms with van der Waals surface area (Å²) < 4.78 is 0. The summed E-state index contributed by atoms with van der Waals surface area (Å²) in [6.07, 6.45) is 2.24. The lowest BCUT2D eigenvalue weighted by atomic mass is 9.95. The van der Waals surface area contributed by atoms with Crippen molar-refractivity contribution in [1.82, 2.24) is 15.5 Å². The van der Waals surface area contributed by atoms with Crippen LogP contribution in [0.25, 0.3) is 22.4 Å². The van der Waals surface area contributed by atoms with Crippen LogP contribution in [0.2, 0.25) is 0 Å². The Kier molecular flexibility index (Phi) is 6.70. The zero-order chi connectivity index (χ0) is 19.8. The predicted molar refractivity (Wildman–Crippen MR) is 109 cm³/mol. The summed E-state index contributed by atoms with van der Waals surface area (Å²) in [5, 5.41) is 18.4. The van der Waals surface area contributed by atoms with Crippen LogP contribution in [0.3, 0.4) is 0 Å². The molecule has 0 fully saturated rings. The molecule has 6 nitrogen and oxygen atoms in total. The number of unbranched alkanes of at least 4 members (excludes halogenated alkanes) is 2. The molecule has 0 aliphatic carbocycles. The number of aromatic nitrogens is 2. The van der Waals surface area contributed by atoms with E-state index in [0.717, 1.165) is 24.0 Å². The topological polar surface area (TPSA) is 95.1 Å². The second kappa shape index (κ2) is 9.62. The minimum atomic E-state index is -0.522. The maximum atomic E-state index is 12.9. The molecule has 0 radical (unpaired) electrons. The fraction of sp³-hybridized carbons (Fsp3) is 0.227. The molecule has 0 spiro atoms. The first-order valence-electron chi connectivity index (χ1n) is 9.35. The number of aliphatic hydroxyl groups excluding tert-OH is 1. The first-order chi connectivity index (χ1) is 13.7. The monoisotopic (exact) mass is 377 g/mol. The van der Waals surface area contributed by atoms with Crippen molar-refractivity contribution in [3.05, 3.63) is 76.6 Å². The maximum Gasteiger partial charge on any atom is 0.277 e. The van der Waals surface area contributed by atoms with E-state index in [1.807, 2.05) is 60.7 Å². The highest BCUT2D eigenvalue weighted by atomic mass is 16.3. The van der Waals surface area contributed by atoms with E-state index in [-0.39, 0.29) is 12.2 Å². The number of benzene rings is 2. The molecule has 0 aliphatic rings. The van der Waals surface area contributed by atoms with E-state index in [9.17, 15) is 9.59 Å². The van der Waals surface area contributed by atoms with Crippen molar-refractivity contribution in [2.45, 2.75) is 19.3 Å². The van der Waals surface area contributed by atoms with Gasteiger partial charge in [-0.3, -0.25) is 9.59 Å². The summed E-state index contributed by atoms with van der Waals surface area (Å²) in [6.45, 7) is 0.575. The summed E-state index contributed by atoms with van der Waals surface area (Å²) >= 11 is 0. The van der Waals surface area contributed by atoms with Gasteiger partial charge in [-0.05, 0) is 24.8 Å². The lowest BCUT2D eigenvalue weighted by molar-refractivity contribution is 0.0952. The van der Waals surface area contributed by atoms with Crippen molar-refractivity contribution < 1.29 is 9.90 Å². The number of carbonyl (C=O) groups is 1. The molecule has 3 N–H and O–H groups in total. The molecule has 0 bridgehead atoms. The van der Waals surface area contributed by atoms with Gasteiger partial charge < -0.3 is 10.4 Å². The van der Waals surface area contributed by atoms with Gasteiger partial charge in [0.1, 0.15) is 5.56 Å². The van der Waals surface area contributed by atoms with Crippen LogP contribution >= 0.6 is 0 Å². The molecule has 6 heteroatoms. The number of carbonyl (C=O) groups excluding carboxylic acids is 1. The van der Waals surface area contributed by atoms with Gasteiger partial charge in [-0.1, -0.05) is 60.7 Å². The van der Waals surface area contributed by atoms with Gasteiger partial charge in [0.25, 0.3) is 11.5 Å². The Morgan fingerprint density at radius 3 is 2.21 bits per heavy atom. The third-order valence-corrected chi connectivity index (χ3v) is 4.44. The number of amides is 1. The van der Waals surface area contributed by atoms with Crippen molar-refractivity contribution >= 4 is 5.91 Å². The van der Waals surface area contributed by atoms with Crippen molar-refractivity contribution in [3.8, 4) is 22.4 Å². The number of hydrogen-bond acceptors (Lipinski definition) is 4. The van der Waals surface area contributed by atoms with E-state index >= 15 is 0 Å². The van der Waals surface area contributed by atoms with E-state index in [2.05, 4.69) is 15.5 Å². The van der Waals surface area contributed by atoms with Crippen LogP contribution in [-0.4, -0.2) is 34.4 Å². The highest BCUT2D eigenvalue weighted by Gasteiger charge is 2.22. The van der Waals surface area contributed by atoms with Gasteiger partial charge in [0.15, 0.2) is 0 Å². The van der Waals surface area contributed by atoms with Gasteiger partial charge in [-0.15, -0.1) is 0 Å². The Bertz CT molecular complexity index is 969. The predicted octanol–water partition coefficient (Wildman–Crippen LogP) is 3.00. The number of nitrogens with zero attached hydrogens (tertiary/aromatic N) is 1. The minimum Gasteiger partial charge on any atom is -0.396 e. The summed E-state index contributed by atoms with van der Waals surface area (Å²) in [4.78, 5) is 25.4. The molecule has 144 valence electrons. The SMILES string of the molecule is O=C(NCCCCCO)c1c(-c2ccccc2)c(-c2ccccc2)n[nH]c1=O. The largest absolute Gasteiger partial charge is 0.396 e. The third-order valence-electron chi connectivity index (χ3n) is 4.44. The highest BCUT2D eigenvalue weighted by molar-refractivity contribution is 6.03. The lowest BCUT2D eigenvalue weighted by Crippen LogP contribution is -2.32. The molecular formula is C22H23N3O3. The Hall–Kier alpha value is -3.25. The Morgan fingerprint density at radius 1 is 0.929 bits per heavy atom. The molecule has 0 aliphatic heterocycles. The van der Waals surface area contributed by atoms with Crippen LogP contribution in [0.15, 0.2) is 65.5 Å². The van der Waals surface area contributed by atoms with Crippen molar-refractivity contribution in [2.75, 3.05) is 13.2 Å². The second-order valence-electron chi connectivity index (χ2n) is 6.42.